The first kappa shape index (κ1) is 13.5. The Kier molecular flexibility index (Phi) is 5.85. The molecule has 0 saturated heterocycles. The van der Waals surface area contributed by atoms with Crippen LogP contribution in [0.25, 0.3) is 0 Å². The summed E-state index contributed by atoms with van der Waals surface area (Å²) in [4.78, 5) is 2.89. The molecule has 1 rings (SSSR count). The number of halogens is 1. The maximum Gasteiger partial charge on any atom is 0.118 e. The maximum atomic E-state index is 5.13. The number of benzene rings is 1. The van der Waals surface area contributed by atoms with E-state index in [2.05, 4.69) is 46.9 Å². The molecule has 0 saturated carbocycles. The van der Waals surface area contributed by atoms with E-state index in [1.165, 1.54) is 5.56 Å². The van der Waals surface area contributed by atoms with Crippen molar-refractivity contribution in [2.75, 3.05) is 27.2 Å². The van der Waals surface area contributed by atoms with E-state index < -0.39 is 0 Å². The summed E-state index contributed by atoms with van der Waals surface area (Å²) >= 11 is 3.56. The summed E-state index contributed by atoms with van der Waals surface area (Å²) in [5, 5.41) is 0. The van der Waals surface area contributed by atoms with Gasteiger partial charge in [-0.2, -0.15) is 0 Å². The number of hydrogen-bond donors (Lipinski definition) is 0. The Balaban J connectivity index is 2.36. The molecule has 90 valence electrons. The number of rotatable bonds is 6. The largest absolute Gasteiger partial charge is 0.497 e. The fraction of sp³-hybridized carbons (Fsp3) is 0.538. The number of methoxy groups -OCH3 is 1. The topological polar surface area (TPSA) is 12.5 Å². The molecular weight excluding hydrogens is 266 g/mol. The standard InChI is InChI=1S/C13H20BrNO/c1-11(14)10-15(2)9-8-12-4-6-13(16-3)7-5-12/h4-7,11H,8-10H2,1-3H3. The molecule has 0 amide bonds. The van der Waals surface area contributed by atoms with Crippen LogP contribution in [0.3, 0.4) is 0 Å². The average molecular weight is 286 g/mol. The van der Waals surface area contributed by atoms with Crippen LogP contribution < -0.4 is 4.74 Å². The Morgan fingerprint density at radius 1 is 1.31 bits per heavy atom. The van der Waals surface area contributed by atoms with E-state index in [9.17, 15) is 0 Å². The van der Waals surface area contributed by atoms with E-state index in [0.29, 0.717) is 4.83 Å². The van der Waals surface area contributed by atoms with Gasteiger partial charge in [-0.25, -0.2) is 0 Å². The molecule has 0 heterocycles. The van der Waals surface area contributed by atoms with Crippen LogP contribution in [0.2, 0.25) is 0 Å². The second-order valence-corrected chi connectivity index (χ2v) is 5.70. The number of ether oxygens (including phenoxy) is 1. The maximum absolute atomic E-state index is 5.13. The van der Waals surface area contributed by atoms with Crippen molar-refractivity contribution in [3.8, 4) is 5.75 Å². The molecule has 0 radical (unpaired) electrons. The second kappa shape index (κ2) is 6.92. The Morgan fingerprint density at radius 3 is 2.44 bits per heavy atom. The molecule has 0 aliphatic heterocycles. The van der Waals surface area contributed by atoms with Crippen molar-refractivity contribution in [2.45, 2.75) is 18.2 Å². The summed E-state index contributed by atoms with van der Waals surface area (Å²) in [7, 11) is 3.85. The monoisotopic (exact) mass is 285 g/mol. The first-order valence-electron chi connectivity index (χ1n) is 5.57. The van der Waals surface area contributed by atoms with Gasteiger partial charge in [-0.1, -0.05) is 35.0 Å². The van der Waals surface area contributed by atoms with Crippen LogP contribution in [0.4, 0.5) is 0 Å². The van der Waals surface area contributed by atoms with Crippen LogP contribution in [0, 0.1) is 0 Å². The van der Waals surface area contributed by atoms with Crippen LogP contribution >= 0.6 is 15.9 Å². The zero-order valence-corrected chi connectivity index (χ0v) is 11.8. The first-order valence-corrected chi connectivity index (χ1v) is 6.49. The predicted molar refractivity (Wildman–Crippen MR) is 72.6 cm³/mol. The molecule has 0 fully saturated rings. The van der Waals surface area contributed by atoms with Crippen molar-refractivity contribution >= 4 is 15.9 Å². The molecule has 16 heavy (non-hydrogen) atoms. The van der Waals surface area contributed by atoms with Gasteiger partial charge in [0.25, 0.3) is 0 Å². The minimum atomic E-state index is 0.549. The van der Waals surface area contributed by atoms with Crippen molar-refractivity contribution in [1.82, 2.24) is 4.90 Å². The third kappa shape index (κ3) is 4.99. The number of hydrogen-bond acceptors (Lipinski definition) is 2. The third-order valence-electron chi connectivity index (χ3n) is 2.50. The van der Waals surface area contributed by atoms with Gasteiger partial charge in [0.05, 0.1) is 7.11 Å². The highest BCUT2D eigenvalue weighted by Crippen LogP contribution is 2.12. The van der Waals surface area contributed by atoms with E-state index in [1.54, 1.807) is 7.11 Å². The Labute approximate surface area is 107 Å². The lowest BCUT2D eigenvalue weighted by Crippen LogP contribution is -2.26. The van der Waals surface area contributed by atoms with Crippen molar-refractivity contribution in [1.29, 1.82) is 0 Å². The van der Waals surface area contributed by atoms with Gasteiger partial charge in [0.15, 0.2) is 0 Å². The lowest BCUT2D eigenvalue weighted by molar-refractivity contribution is 0.344. The van der Waals surface area contributed by atoms with Gasteiger partial charge < -0.3 is 9.64 Å². The smallest absolute Gasteiger partial charge is 0.118 e. The highest BCUT2D eigenvalue weighted by Gasteiger charge is 2.03. The predicted octanol–water partition coefficient (Wildman–Crippen LogP) is 2.95. The molecule has 3 heteroatoms. The molecule has 1 aromatic rings. The molecule has 1 atom stereocenters. The van der Waals surface area contributed by atoms with Crippen molar-refractivity contribution in [3.63, 3.8) is 0 Å². The van der Waals surface area contributed by atoms with Crippen LogP contribution in [0.15, 0.2) is 24.3 Å². The van der Waals surface area contributed by atoms with Crippen molar-refractivity contribution < 1.29 is 4.74 Å². The van der Waals surface area contributed by atoms with Crippen molar-refractivity contribution in [3.05, 3.63) is 29.8 Å². The van der Waals surface area contributed by atoms with Gasteiger partial charge >= 0.3 is 0 Å². The SMILES string of the molecule is COc1ccc(CCN(C)CC(C)Br)cc1. The van der Waals surface area contributed by atoms with Gasteiger partial charge in [0.1, 0.15) is 5.75 Å². The minimum Gasteiger partial charge on any atom is -0.497 e. The average Bonchev–Trinajstić information content (AvgIpc) is 2.26. The van der Waals surface area contributed by atoms with Crippen LogP contribution in [0.1, 0.15) is 12.5 Å². The van der Waals surface area contributed by atoms with Gasteiger partial charge in [0, 0.05) is 17.9 Å². The van der Waals surface area contributed by atoms with E-state index in [1.807, 2.05) is 12.1 Å². The minimum absolute atomic E-state index is 0.549. The molecule has 0 aliphatic rings. The molecule has 1 unspecified atom stereocenters. The lowest BCUT2D eigenvalue weighted by Gasteiger charge is -2.17. The molecule has 1 aromatic carbocycles. The van der Waals surface area contributed by atoms with Crippen LogP contribution in [-0.2, 0) is 6.42 Å². The van der Waals surface area contributed by atoms with E-state index >= 15 is 0 Å². The summed E-state index contributed by atoms with van der Waals surface area (Å²) < 4.78 is 5.13. The Hall–Kier alpha value is -0.540. The summed E-state index contributed by atoms with van der Waals surface area (Å²) in [5.41, 5.74) is 1.36. The zero-order chi connectivity index (χ0) is 12.0. The molecular formula is C13H20BrNO. The van der Waals surface area contributed by atoms with E-state index in [0.717, 1.165) is 25.3 Å². The van der Waals surface area contributed by atoms with Gasteiger partial charge in [0.2, 0.25) is 0 Å². The summed E-state index contributed by atoms with van der Waals surface area (Å²) in [6.45, 7) is 4.34. The summed E-state index contributed by atoms with van der Waals surface area (Å²) in [6, 6.07) is 8.29. The van der Waals surface area contributed by atoms with Crippen LogP contribution in [-0.4, -0.2) is 37.0 Å². The molecule has 2 nitrogen and oxygen atoms in total. The lowest BCUT2D eigenvalue weighted by atomic mass is 10.1. The van der Waals surface area contributed by atoms with Gasteiger partial charge in [-0.3, -0.25) is 0 Å². The van der Waals surface area contributed by atoms with E-state index in [4.69, 9.17) is 4.74 Å². The Bertz CT molecular complexity index is 297. The Morgan fingerprint density at radius 2 is 1.94 bits per heavy atom. The van der Waals surface area contributed by atoms with Crippen LogP contribution in [0.5, 0.6) is 5.75 Å². The quantitative estimate of drug-likeness (QED) is 0.745. The summed E-state index contributed by atoms with van der Waals surface area (Å²) in [6.07, 6.45) is 1.08. The molecule has 0 aromatic heterocycles. The van der Waals surface area contributed by atoms with Crippen molar-refractivity contribution in [2.24, 2.45) is 0 Å². The first-order chi connectivity index (χ1) is 7.61. The normalized spacial score (nSPS) is 12.8. The fourth-order valence-electron chi connectivity index (χ4n) is 1.63. The molecule has 0 aliphatic carbocycles. The van der Waals surface area contributed by atoms with Gasteiger partial charge in [-0.15, -0.1) is 0 Å². The highest BCUT2D eigenvalue weighted by atomic mass is 79.9. The van der Waals surface area contributed by atoms with Gasteiger partial charge in [-0.05, 0) is 31.2 Å². The number of likely N-dealkylation sites (N-methyl/N-ethyl adjacent to an activating group) is 1. The number of nitrogens with zero attached hydrogens (tertiary/aromatic N) is 1. The summed E-state index contributed by atoms with van der Waals surface area (Å²) in [5.74, 6) is 0.922. The second-order valence-electron chi connectivity index (χ2n) is 4.14. The molecule has 0 spiro atoms. The third-order valence-corrected chi connectivity index (χ3v) is 2.79. The fourth-order valence-corrected chi connectivity index (χ4v) is 2.13. The molecule has 0 N–H and O–H groups in total. The van der Waals surface area contributed by atoms with E-state index in [-0.39, 0.29) is 0 Å². The number of alkyl halides is 1. The highest BCUT2D eigenvalue weighted by molar-refractivity contribution is 9.09. The zero-order valence-electron chi connectivity index (χ0n) is 10.2. The molecule has 0 bridgehead atoms.